The second kappa shape index (κ2) is 18.5. The average molecular weight is 379 g/mol. The molecule has 27 heavy (non-hydrogen) atoms. The molecule has 0 bridgehead atoms. The van der Waals surface area contributed by atoms with Gasteiger partial charge < -0.3 is 14.2 Å². The summed E-state index contributed by atoms with van der Waals surface area (Å²) in [4.78, 5) is 0. The molecule has 0 spiro atoms. The Kier molecular flexibility index (Phi) is 16.5. The lowest BCUT2D eigenvalue weighted by molar-refractivity contribution is -0.0674. The standard InChI is InChI=1S/C24H42O3/c1-3-5-7-9-14-18-25-21-24(22-26-19-15-10-8-6-4-2)27-20-23-16-12-11-13-17-23/h11-13,16-17,24H,3-10,14-15,18-22H2,1-2H3. The molecule has 0 fully saturated rings. The first kappa shape index (κ1) is 24.1. The molecule has 3 nitrogen and oxygen atoms in total. The molecule has 0 aliphatic carbocycles. The van der Waals surface area contributed by atoms with Crippen LogP contribution in [0.1, 0.15) is 83.6 Å². The number of ether oxygens (including phenoxy) is 3. The van der Waals surface area contributed by atoms with Crippen molar-refractivity contribution < 1.29 is 14.2 Å². The Bertz CT molecular complexity index is 389. The van der Waals surface area contributed by atoms with Crippen molar-refractivity contribution in [1.29, 1.82) is 0 Å². The molecule has 0 amide bonds. The van der Waals surface area contributed by atoms with Crippen molar-refractivity contribution in [3.05, 3.63) is 35.9 Å². The largest absolute Gasteiger partial charge is 0.379 e. The summed E-state index contributed by atoms with van der Waals surface area (Å²) in [6.07, 6.45) is 12.7. The van der Waals surface area contributed by atoms with Gasteiger partial charge >= 0.3 is 0 Å². The van der Waals surface area contributed by atoms with Crippen LogP contribution >= 0.6 is 0 Å². The second-order valence-electron chi connectivity index (χ2n) is 7.40. The van der Waals surface area contributed by atoms with Crippen molar-refractivity contribution in [3.8, 4) is 0 Å². The first-order chi connectivity index (χ1) is 13.4. The van der Waals surface area contributed by atoms with E-state index in [0.717, 1.165) is 26.1 Å². The van der Waals surface area contributed by atoms with E-state index >= 15 is 0 Å². The molecule has 0 saturated heterocycles. The van der Waals surface area contributed by atoms with Crippen molar-refractivity contribution >= 4 is 0 Å². The molecule has 0 heterocycles. The summed E-state index contributed by atoms with van der Waals surface area (Å²) in [7, 11) is 0. The Morgan fingerprint density at radius 1 is 0.667 bits per heavy atom. The fraction of sp³-hybridized carbons (Fsp3) is 0.750. The molecule has 0 saturated carbocycles. The monoisotopic (exact) mass is 378 g/mol. The SMILES string of the molecule is CCCCCCCOCC(COCCCCCCC)OCc1ccccc1. The van der Waals surface area contributed by atoms with Crippen LogP contribution in [-0.2, 0) is 20.8 Å². The van der Waals surface area contributed by atoms with Crippen LogP contribution in [0.25, 0.3) is 0 Å². The van der Waals surface area contributed by atoms with Crippen molar-refractivity contribution in [2.45, 2.75) is 90.8 Å². The van der Waals surface area contributed by atoms with Crippen LogP contribution in [0, 0.1) is 0 Å². The van der Waals surface area contributed by atoms with Gasteiger partial charge in [-0.05, 0) is 18.4 Å². The molecule has 3 heteroatoms. The van der Waals surface area contributed by atoms with Crippen LogP contribution in [0.5, 0.6) is 0 Å². The number of unbranched alkanes of at least 4 members (excludes halogenated alkanes) is 8. The minimum atomic E-state index is 0.0106. The predicted molar refractivity (Wildman–Crippen MR) is 114 cm³/mol. The lowest BCUT2D eigenvalue weighted by Gasteiger charge is -2.18. The molecule has 0 aliphatic heterocycles. The van der Waals surface area contributed by atoms with E-state index in [1.165, 1.54) is 56.9 Å². The third kappa shape index (κ3) is 14.8. The van der Waals surface area contributed by atoms with Gasteiger partial charge in [-0.1, -0.05) is 95.5 Å². The molecule has 0 aliphatic rings. The molecular weight excluding hydrogens is 336 g/mol. The summed E-state index contributed by atoms with van der Waals surface area (Å²) in [5.41, 5.74) is 1.20. The van der Waals surface area contributed by atoms with Gasteiger partial charge in [-0.25, -0.2) is 0 Å². The molecule has 0 atom stereocenters. The summed E-state index contributed by atoms with van der Waals surface area (Å²) < 4.78 is 17.8. The summed E-state index contributed by atoms with van der Waals surface area (Å²) >= 11 is 0. The van der Waals surface area contributed by atoms with Crippen molar-refractivity contribution in [2.24, 2.45) is 0 Å². The minimum absolute atomic E-state index is 0.0106. The van der Waals surface area contributed by atoms with Gasteiger partial charge in [0.1, 0.15) is 6.10 Å². The lowest BCUT2D eigenvalue weighted by Crippen LogP contribution is -2.26. The van der Waals surface area contributed by atoms with Gasteiger partial charge in [0.2, 0.25) is 0 Å². The zero-order valence-corrected chi connectivity index (χ0v) is 17.8. The van der Waals surface area contributed by atoms with Crippen LogP contribution in [0.15, 0.2) is 30.3 Å². The molecule has 1 rings (SSSR count). The third-order valence-corrected chi connectivity index (χ3v) is 4.72. The molecule has 1 aromatic rings. The van der Waals surface area contributed by atoms with Crippen molar-refractivity contribution in [3.63, 3.8) is 0 Å². The zero-order chi connectivity index (χ0) is 19.4. The highest BCUT2D eigenvalue weighted by molar-refractivity contribution is 5.13. The van der Waals surface area contributed by atoms with Crippen LogP contribution in [-0.4, -0.2) is 32.5 Å². The number of hydrogen-bond donors (Lipinski definition) is 0. The molecule has 0 aromatic heterocycles. The van der Waals surface area contributed by atoms with Gasteiger partial charge in [-0.15, -0.1) is 0 Å². The Hall–Kier alpha value is -0.900. The number of benzene rings is 1. The average Bonchev–Trinajstić information content (AvgIpc) is 2.70. The second-order valence-corrected chi connectivity index (χ2v) is 7.40. The van der Waals surface area contributed by atoms with Crippen molar-refractivity contribution in [1.82, 2.24) is 0 Å². The molecular formula is C24H42O3. The van der Waals surface area contributed by atoms with Crippen molar-refractivity contribution in [2.75, 3.05) is 26.4 Å². The van der Waals surface area contributed by atoms with Gasteiger partial charge in [-0.2, -0.15) is 0 Å². The molecule has 0 N–H and O–H groups in total. The summed E-state index contributed by atoms with van der Waals surface area (Å²) in [6, 6.07) is 10.3. The van der Waals surface area contributed by atoms with E-state index in [2.05, 4.69) is 26.0 Å². The molecule has 0 unspecified atom stereocenters. The summed E-state index contributed by atoms with van der Waals surface area (Å²) in [5, 5.41) is 0. The van der Waals surface area contributed by atoms with Gasteiger partial charge in [0, 0.05) is 13.2 Å². The van der Waals surface area contributed by atoms with E-state index in [4.69, 9.17) is 14.2 Å². The number of rotatable bonds is 19. The van der Waals surface area contributed by atoms with Gasteiger partial charge in [0.25, 0.3) is 0 Å². The smallest absolute Gasteiger partial charge is 0.105 e. The van der Waals surface area contributed by atoms with Gasteiger partial charge in [-0.3, -0.25) is 0 Å². The fourth-order valence-corrected chi connectivity index (χ4v) is 2.98. The summed E-state index contributed by atoms with van der Waals surface area (Å²) in [6.45, 7) is 8.00. The Balaban J connectivity index is 2.20. The van der Waals surface area contributed by atoms with E-state index in [9.17, 15) is 0 Å². The maximum atomic E-state index is 6.07. The molecule has 1 aromatic carbocycles. The molecule has 156 valence electrons. The van der Waals surface area contributed by atoms with E-state index in [1.807, 2.05) is 18.2 Å². The Morgan fingerprint density at radius 3 is 1.70 bits per heavy atom. The first-order valence-corrected chi connectivity index (χ1v) is 11.2. The lowest BCUT2D eigenvalue weighted by atomic mass is 10.2. The molecule has 0 radical (unpaired) electrons. The van der Waals surface area contributed by atoms with E-state index in [1.54, 1.807) is 0 Å². The van der Waals surface area contributed by atoms with E-state index in [-0.39, 0.29) is 6.10 Å². The van der Waals surface area contributed by atoms with Crippen LogP contribution in [0.4, 0.5) is 0 Å². The highest BCUT2D eigenvalue weighted by Gasteiger charge is 2.10. The highest BCUT2D eigenvalue weighted by Crippen LogP contribution is 2.07. The maximum absolute atomic E-state index is 6.07. The zero-order valence-electron chi connectivity index (χ0n) is 17.8. The maximum Gasteiger partial charge on any atom is 0.105 e. The van der Waals surface area contributed by atoms with Crippen LogP contribution in [0.2, 0.25) is 0 Å². The normalized spacial score (nSPS) is 11.4. The fourth-order valence-electron chi connectivity index (χ4n) is 2.98. The van der Waals surface area contributed by atoms with Gasteiger partial charge in [0.15, 0.2) is 0 Å². The van der Waals surface area contributed by atoms with Gasteiger partial charge in [0.05, 0.1) is 19.8 Å². The highest BCUT2D eigenvalue weighted by atomic mass is 16.6. The predicted octanol–water partition coefficient (Wildman–Crippen LogP) is 6.55. The first-order valence-electron chi connectivity index (χ1n) is 11.2. The van der Waals surface area contributed by atoms with E-state index in [0.29, 0.717) is 19.8 Å². The minimum Gasteiger partial charge on any atom is -0.379 e. The van der Waals surface area contributed by atoms with Crippen LogP contribution in [0.3, 0.4) is 0 Å². The van der Waals surface area contributed by atoms with Crippen LogP contribution < -0.4 is 0 Å². The topological polar surface area (TPSA) is 27.7 Å². The number of hydrogen-bond acceptors (Lipinski definition) is 3. The Morgan fingerprint density at radius 2 is 1.19 bits per heavy atom. The van der Waals surface area contributed by atoms with E-state index < -0.39 is 0 Å². The Labute approximate surface area is 167 Å². The third-order valence-electron chi connectivity index (χ3n) is 4.72. The quantitative estimate of drug-likeness (QED) is 0.256. The summed E-state index contributed by atoms with van der Waals surface area (Å²) in [5.74, 6) is 0.